The van der Waals surface area contributed by atoms with Gasteiger partial charge in [0.2, 0.25) is 0 Å². The Morgan fingerprint density at radius 1 is 1.11 bits per heavy atom. The molecule has 0 fully saturated rings. The monoisotopic (exact) mass is 257 g/mol. The molecular formula is C16H19NO2. The summed E-state index contributed by atoms with van der Waals surface area (Å²) in [6.45, 7) is 5.26. The zero-order valence-electron chi connectivity index (χ0n) is 11.4. The van der Waals surface area contributed by atoms with Crippen molar-refractivity contribution in [3.63, 3.8) is 0 Å². The molecule has 0 aliphatic heterocycles. The van der Waals surface area contributed by atoms with E-state index in [9.17, 15) is 4.79 Å². The van der Waals surface area contributed by atoms with Crippen LogP contribution in [0.1, 0.15) is 17.5 Å². The third-order valence-corrected chi connectivity index (χ3v) is 2.95. The molecule has 0 amide bonds. The number of hydrogen-bond acceptors (Lipinski definition) is 2. The lowest BCUT2D eigenvalue weighted by atomic mass is 10.2. The molecule has 3 heteroatoms. The maximum Gasteiger partial charge on any atom is 0.250 e. The lowest BCUT2D eigenvalue weighted by Crippen LogP contribution is -2.19. The highest BCUT2D eigenvalue weighted by molar-refractivity contribution is 5.27. The van der Waals surface area contributed by atoms with Crippen LogP contribution in [0.5, 0.6) is 5.75 Å². The number of aryl methyl sites for hydroxylation is 3. The van der Waals surface area contributed by atoms with Crippen molar-refractivity contribution >= 4 is 0 Å². The Bertz CT molecular complexity index is 602. The van der Waals surface area contributed by atoms with E-state index in [0.717, 1.165) is 17.7 Å². The van der Waals surface area contributed by atoms with Crippen LogP contribution in [0, 0.1) is 13.8 Å². The van der Waals surface area contributed by atoms with Crippen molar-refractivity contribution in [3.05, 3.63) is 64.1 Å². The van der Waals surface area contributed by atoms with Crippen molar-refractivity contribution in [2.24, 2.45) is 0 Å². The lowest BCUT2D eigenvalue weighted by Gasteiger charge is -2.08. The zero-order chi connectivity index (χ0) is 13.7. The van der Waals surface area contributed by atoms with E-state index in [0.29, 0.717) is 13.2 Å². The molecule has 100 valence electrons. The van der Waals surface area contributed by atoms with Crippen LogP contribution in [-0.2, 0) is 6.54 Å². The van der Waals surface area contributed by atoms with Gasteiger partial charge in [0, 0.05) is 18.8 Å². The predicted octanol–water partition coefficient (Wildman–Crippen LogP) is 2.93. The van der Waals surface area contributed by atoms with Crippen molar-refractivity contribution in [1.29, 1.82) is 0 Å². The fraction of sp³-hybridized carbons (Fsp3) is 0.312. The Morgan fingerprint density at radius 3 is 2.63 bits per heavy atom. The highest BCUT2D eigenvalue weighted by Gasteiger charge is 1.97. The van der Waals surface area contributed by atoms with E-state index < -0.39 is 0 Å². The largest absolute Gasteiger partial charge is 0.494 e. The first-order valence-corrected chi connectivity index (χ1v) is 6.52. The van der Waals surface area contributed by atoms with Gasteiger partial charge in [-0.05, 0) is 49.6 Å². The summed E-state index contributed by atoms with van der Waals surface area (Å²) in [7, 11) is 0. The Hall–Kier alpha value is -2.03. The Morgan fingerprint density at radius 2 is 1.89 bits per heavy atom. The molecule has 0 N–H and O–H groups in total. The van der Waals surface area contributed by atoms with Gasteiger partial charge in [-0.2, -0.15) is 0 Å². The smallest absolute Gasteiger partial charge is 0.250 e. The number of aromatic nitrogens is 1. The molecule has 0 unspecified atom stereocenters. The van der Waals surface area contributed by atoms with E-state index in [1.165, 1.54) is 5.56 Å². The van der Waals surface area contributed by atoms with Gasteiger partial charge >= 0.3 is 0 Å². The molecule has 19 heavy (non-hydrogen) atoms. The van der Waals surface area contributed by atoms with Gasteiger partial charge in [0.05, 0.1) is 6.61 Å². The molecule has 1 aromatic heterocycles. The van der Waals surface area contributed by atoms with Crippen LogP contribution in [0.4, 0.5) is 0 Å². The summed E-state index contributed by atoms with van der Waals surface area (Å²) in [5.41, 5.74) is 2.24. The van der Waals surface area contributed by atoms with Gasteiger partial charge < -0.3 is 9.30 Å². The molecule has 0 bridgehead atoms. The molecule has 0 spiro atoms. The van der Waals surface area contributed by atoms with E-state index in [1.807, 2.05) is 50.4 Å². The molecule has 2 rings (SSSR count). The van der Waals surface area contributed by atoms with Crippen LogP contribution < -0.4 is 10.3 Å². The SMILES string of the molecule is Cc1cccc(OCCCn2ccc(C)cc2=O)c1. The summed E-state index contributed by atoms with van der Waals surface area (Å²) in [5, 5.41) is 0. The summed E-state index contributed by atoms with van der Waals surface area (Å²) in [4.78, 5) is 11.7. The predicted molar refractivity (Wildman–Crippen MR) is 76.7 cm³/mol. The molecule has 0 saturated heterocycles. The summed E-state index contributed by atoms with van der Waals surface area (Å²) < 4.78 is 7.37. The van der Waals surface area contributed by atoms with E-state index in [1.54, 1.807) is 10.6 Å². The molecule has 1 heterocycles. The maximum atomic E-state index is 11.7. The van der Waals surface area contributed by atoms with Crippen LogP contribution in [0.15, 0.2) is 47.4 Å². The van der Waals surface area contributed by atoms with Gasteiger partial charge in [-0.25, -0.2) is 0 Å². The van der Waals surface area contributed by atoms with Crippen LogP contribution in [0.2, 0.25) is 0 Å². The normalized spacial score (nSPS) is 10.4. The second-order valence-electron chi connectivity index (χ2n) is 4.75. The molecular weight excluding hydrogens is 238 g/mol. The first-order chi connectivity index (χ1) is 9.15. The first kappa shape index (κ1) is 13.4. The van der Waals surface area contributed by atoms with Crippen molar-refractivity contribution in [1.82, 2.24) is 4.57 Å². The van der Waals surface area contributed by atoms with Gasteiger partial charge in [-0.3, -0.25) is 4.79 Å². The third kappa shape index (κ3) is 3.98. The minimum atomic E-state index is 0.0514. The summed E-state index contributed by atoms with van der Waals surface area (Å²) in [5.74, 6) is 0.885. The summed E-state index contributed by atoms with van der Waals surface area (Å²) in [6, 6.07) is 11.6. The standard InChI is InChI=1S/C16H19NO2/c1-13-5-3-6-15(11-13)19-10-4-8-17-9-7-14(2)12-16(17)18/h3,5-7,9,11-12H,4,8,10H2,1-2H3. The number of benzene rings is 1. The quantitative estimate of drug-likeness (QED) is 0.771. The Labute approximate surface area is 113 Å². The van der Waals surface area contributed by atoms with Gasteiger partial charge in [0.15, 0.2) is 0 Å². The van der Waals surface area contributed by atoms with Crippen molar-refractivity contribution in [3.8, 4) is 5.75 Å². The first-order valence-electron chi connectivity index (χ1n) is 6.52. The number of ether oxygens (including phenoxy) is 1. The average molecular weight is 257 g/mol. The molecule has 0 atom stereocenters. The fourth-order valence-corrected chi connectivity index (χ4v) is 1.92. The number of pyridine rings is 1. The van der Waals surface area contributed by atoms with Gasteiger partial charge in [-0.1, -0.05) is 12.1 Å². The molecule has 0 aliphatic carbocycles. The highest BCUT2D eigenvalue weighted by Crippen LogP contribution is 2.12. The zero-order valence-corrected chi connectivity index (χ0v) is 11.4. The van der Waals surface area contributed by atoms with Crippen LogP contribution in [0.25, 0.3) is 0 Å². The summed E-state index contributed by atoms with van der Waals surface area (Å²) >= 11 is 0. The van der Waals surface area contributed by atoms with Crippen molar-refractivity contribution < 1.29 is 4.74 Å². The second kappa shape index (κ2) is 6.23. The molecule has 0 saturated carbocycles. The highest BCUT2D eigenvalue weighted by atomic mass is 16.5. The molecule has 3 nitrogen and oxygen atoms in total. The minimum absolute atomic E-state index is 0.0514. The molecule has 0 aliphatic rings. The lowest BCUT2D eigenvalue weighted by molar-refractivity contribution is 0.301. The number of rotatable bonds is 5. The summed E-state index contributed by atoms with van der Waals surface area (Å²) in [6.07, 6.45) is 2.65. The van der Waals surface area contributed by atoms with Gasteiger partial charge in [0.25, 0.3) is 5.56 Å². The van der Waals surface area contributed by atoms with Gasteiger partial charge in [0.1, 0.15) is 5.75 Å². The Kier molecular flexibility index (Phi) is 4.39. The second-order valence-corrected chi connectivity index (χ2v) is 4.75. The maximum absolute atomic E-state index is 11.7. The topological polar surface area (TPSA) is 31.2 Å². The fourth-order valence-electron chi connectivity index (χ4n) is 1.92. The number of hydrogen-bond donors (Lipinski definition) is 0. The van der Waals surface area contributed by atoms with Crippen LogP contribution in [0.3, 0.4) is 0 Å². The Balaban J connectivity index is 1.82. The van der Waals surface area contributed by atoms with Crippen LogP contribution >= 0.6 is 0 Å². The molecule has 2 aromatic rings. The third-order valence-electron chi connectivity index (χ3n) is 2.95. The molecule has 1 aromatic carbocycles. The van der Waals surface area contributed by atoms with E-state index in [-0.39, 0.29) is 5.56 Å². The van der Waals surface area contributed by atoms with Crippen molar-refractivity contribution in [2.75, 3.05) is 6.61 Å². The molecule has 0 radical (unpaired) electrons. The van der Waals surface area contributed by atoms with Crippen molar-refractivity contribution in [2.45, 2.75) is 26.8 Å². The average Bonchev–Trinajstić information content (AvgIpc) is 2.37. The number of nitrogens with zero attached hydrogens (tertiary/aromatic N) is 1. The van der Waals surface area contributed by atoms with E-state index in [2.05, 4.69) is 0 Å². The minimum Gasteiger partial charge on any atom is -0.494 e. The van der Waals surface area contributed by atoms with E-state index >= 15 is 0 Å². The van der Waals surface area contributed by atoms with Crippen LogP contribution in [-0.4, -0.2) is 11.2 Å². The van der Waals surface area contributed by atoms with E-state index in [4.69, 9.17) is 4.74 Å². The van der Waals surface area contributed by atoms with Gasteiger partial charge in [-0.15, -0.1) is 0 Å².